The molecule has 6 heteroatoms. The minimum absolute atomic E-state index is 0.118. The van der Waals surface area contributed by atoms with Crippen LogP contribution < -0.4 is 5.32 Å². The van der Waals surface area contributed by atoms with Gasteiger partial charge < -0.3 is 5.32 Å². The Kier molecular flexibility index (Phi) is 5.32. The van der Waals surface area contributed by atoms with Gasteiger partial charge in [-0.25, -0.2) is 9.97 Å². The number of hydrogen-bond donors (Lipinski definition) is 1. The van der Waals surface area contributed by atoms with Gasteiger partial charge in [0.25, 0.3) is 5.91 Å². The number of thiazole rings is 1. The van der Waals surface area contributed by atoms with Gasteiger partial charge in [-0.05, 0) is 60.4 Å². The van der Waals surface area contributed by atoms with Gasteiger partial charge in [0.2, 0.25) is 0 Å². The molecule has 0 fully saturated rings. The van der Waals surface area contributed by atoms with E-state index < -0.39 is 0 Å². The number of amides is 1. The molecule has 0 radical (unpaired) electrons. The van der Waals surface area contributed by atoms with Gasteiger partial charge in [0.05, 0.1) is 10.7 Å². The van der Waals surface area contributed by atoms with Crippen LogP contribution in [0.4, 0.5) is 5.82 Å². The van der Waals surface area contributed by atoms with Crippen LogP contribution in [-0.4, -0.2) is 15.9 Å². The molecule has 0 aromatic carbocycles. The molecule has 2 heterocycles. The monoisotopic (exact) mass is 415 g/mol. The molecule has 2 aromatic heterocycles. The number of rotatable bonds is 4. The molecular formula is C15H18IN3OS. The fraction of sp³-hybridized carbons (Fsp3) is 0.400. The Morgan fingerprint density at radius 1 is 1.43 bits per heavy atom. The zero-order valence-corrected chi connectivity index (χ0v) is 15.5. The molecule has 0 atom stereocenters. The Bertz CT molecular complexity index is 667. The lowest BCUT2D eigenvalue weighted by atomic mass is 10.1. The molecule has 0 saturated carbocycles. The lowest BCUT2D eigenvalue weighted by Crippen LogP contribution is -2.15. The number of nitrogens with zero attached hydrogens (tertiary/aromatic N) is 2. The second-order valence-corrected chi connectivity index (χ2v) is 7.83. The molecule has 1 amide bonds. The zero-order valence-electron chi connectivity index (χ0n) is 12.5. The molecule has 4 nitrogen and oxygen atoms in total. The van der Waals surface area contributed by atoms with E-state index in [1.807, 2.05) is 19.9 Å². The van der Waals surface area contributed by atoms with Crippen molar-refractivity contribution in [2.45, 2.75) is 34.1 Å². The highest BCUT2D eigenvalue weighted by molar-refractivity contribution is 14.1. The van der Waals surface area contributed by atoms with Crippen LogP contribution in [0, 0.1) is 23.3 Å². The fourth-order valence-corrected chi connectivity index (χ4v) is 3.46. The van der Waals surface area contributed by atoms with Crippen molar-refractivity contribution in [1.82, 2.24) is 9.97 Å². The third-order valence-electron chi connectivity index (χ3n) is 2.89. The minimum atomic E-state index is -0.118. The maximum Gasteiger partial charge on any atom is 0.268 e. The van der Waals surface area contributed by atoms with E-state index >= 15 is 0 Å². The molecule has 0 unspecified atom stereocenters. The molecule has 0 aliphatic carbocycles. The lowest BCUT2D eigenvalue weighted by Gasteiger charge is -2.08. The average molecular weight is 415 g/mol. The quantitative estimate of drug-likeness (QED) is 0.762. The van der Waals surface area contributed by atoms with Crippen LogP contribution in [0.2, 0.25) is 0 Å². The summed E-state index contributed by atoms with van der Waals surface area (Å²) in [6, 6.07) is 2.00. The van der Waals surface area contributed by atoms with Crippen LogP contribution in [0.3, 0.4) is 0 Å². The number of halogens is 1. The first-order valence-corrected chi connectivity index (χ1v) is 8.66. The summed E-state index contributed by atoms with van der Waals surface area (Å²) in [5, 5.41) is 3.82. The van der Waals surface area contributed by atoms with Crippen molar-refractivity contribution in [2.24, 2.45) is 5.92 Å². The normalized spacial score (nSPS) is 11.0. The van der Waals surface area contributed by atoms with Crippen LogP contribution in [-0.2, 0) is 6.42 Å². The summed E-state index contributed by atoms with van der Waals surface area (Å²) in [7, 11) is 0. The molecule has 0 saturated heterocycles. The number of anilines is 1. The maximum absolute atomic E-state index is 12.5. The number of hydrogen-bond acceptors (Lipinski definition) is 4. The maximum atomic E-state index is 12.5. The first kappa shape index (κ1) is 16.4. The Hall–Kier alpha value is -1.02. The smallest absolute Gasteiger partial charge is 0.268 e. The van der Waals surface area contributed by atoms with E-state index in [9.17, 15) is 4.79 Å². The largest absolute Gasteiger partial charge is 0.306 e. The van der Waals surface area contributed by atoms with E-state index in [4.69, 9.17) is 0 Å². The molecule has 21 heavy (non-hydrogen) atoms. The van der Waals surface area contributed by atoms with Gasteiger partial charge in [-0.15, -0.1) is 11.3 Å². The fourth-order valence-electron chi connectivity index (χ4n) is 2.01. The molecule has 112 valence electrons. The van der Waals surface area contributed by atoms with Crippen molar-refractivity contribution >= 4 is 45.7 Å². The molecule has 1 N–H and O–H groups in total. The highest BCUT2D eigenvalue weighted by Gasteiger charge is 2.18. The number of aromatic nitrogens is 2. The van der Waals surface area contributed by atoms with Crippen LogP contribution >= 0.6 is 33.9 Å². The number of carbonyl (C=O) groups is 1. The summed E-state index contributed by atoms with van der Waals surface area (Å²) in [5.41, 5.74) is 1.84. The highest BCUT2D eigenvalue weighted by Crippen LogP contribution is 2.23. The summed E-state index contributed by atoms with van der Waals surface area (Å²) < 4.78 is 1.05. The predicted octanol–water partition coefficient (Wildman–Crippen LogP) is 4.21. The van der Waals surface area contributed by atoms with E-state index in [-0.39, 0.29) is 5.91 Å². The predicted molar refractivity (Wildman–Crippen MR) is 95.0 cm³/mol. The Balaban J connectivity index is 2.24. The third-order valence-corrected chi connectivity index (χ3v) is 4.49. The van der Waals surface area contributed by atoms with Crippen molar-refractivity contribution in [1.29, 1.82) is 0 Å². The summed E-state index contributed by atoms with van der Waals surface area (Å²) in [6.45, 7) is 8.12. The van der Waals surface area contributed by atoms with Crippen LogP contribution in [0.5, 0.6) is 0 Å². The topological polar surface area (TPSA) is 54.9 Å². The van der Waals surface area contributed by atoms with Crippen LogP contribution in [0.1, 0.15) is 39.8 Å². The second kappa shape index (κ2) is 6.83. The van der Waals surface area contributed by atoms with Gasteiger partial charge in [-0.2, -0.15) is 0 Å². The van der Waals surface area contributed by atoms with E-state index in [1.54, 1.807) is 6.20 Å². The summed E-state index contributed by atoms with van der Waals surface area (Å²) in [6.07, 6.45) is 2.56. The van der Waals surface area contributed by atoms with Gasteiger partial charge >= 0.3 is 0 Å². The van der Waals surface area contributed by atoms with Crippen LogP contribution in [0.25, 0.3) is 0 Å². The van der Waals surface area contributed by atoms with Crippen molar-refractivity contribution in [3.05, 3.63) is 37.0 Å². The van der Waals surface area contributed by atoms with Gasteiger partial charge in [-0.3, -0.25) is 4.79 Å². The molecular weight excluding hydrogens is 397 g/mol. The number of aryl methyl sites for hydroxylation is 2. The van der Waals surface area contributed by atoms with Crippen molar-refractivity contribution in [3.63, 3.8) is 0 Å². The van der Waals surface area contributed by atoms with Gasteiger partial charge in [0, 0.05) is 9.77 Å². The molecule has 0 aliphatic heterocycles. The molecule has 0 spiro atoms. The number of nitrogens with one attached hydrogen (secondary N) is 1. The minimum Gasteiger partial charge on any atom is -0.306 e. The SMILES string of the molecule is Cc1nc(CC(C)C)c(C(=O)Nc2ncc(I)cc2C)s1. The molecule has 0 aliphatic rings. The average Bonchev–Trinajstić information content (AvgIpc) is 2.73. The molecule has 0 bridgehead atoms. The van der Waals surface area contributed by atoms with Gasteiger partial charge in [-0.1, -0.05) is 13.8 Å². The lowest BCUT2D eigenvalue weighted by molar-refractivity contribution is 0.102. The molecule has 2 aromatic rings. The van der Waals surface area contributed by atoms with E-state index in [0.717, 1.165) is 26.3 Å². The zero-order chi connectivity index (χ0) is 15.6. The summed E-state index contributed by atoms with van der Waals surface area (Å²) >= 11 is 3.65. The van der Waals surface area contributed by atoms with Crippen molar-refractivity contribution in [2.75, 3.05) is 5.32 Å². The number of pyridine rings is 1. The van der Waals surface area contributed by atoms with Gasteiger partial charge in [0.15, 0.2) is 0 Å². The summed E-state index contributed by atoms with van der Waals surface area (Å²) in [4.78, 5) is 22.0. The van der Waals surface area contributed by atoms with Crippen molar-refractivity contribution in [3.8, 4) is 0 Å². The van der Waals surface area contributed by atoms with Crippen molar-refractivity contribution < 1.29 is 4.79 Å². The Labute approximate surface area is 142 Å². The van der Waals surface area contributed by atoms with E-state index in [1.165, 1.54) is 11.3 Å². The van der Waals surface area contributed by atoms with E-state index in [0.29, 0.717) is 16.6 Å². The third kappa shape index (κ3) is 4.23. The first-order valence-electron chi connectivity index (χ1n) is 6.76. The number of carbonyl (C=O) groups excluding carboxylic acids is 1. The Morgan fingerprint density at radius 2 is 2.14 bits per heavy atom. The second-order valence-electron chi connectivity index (χ2n) is 5.38. The first-order chi connectivity index (χ1) is 9.86. The summed E-state index contributed by atoms with van der Waals surface area (Å²) in [5.74, 6) is 0.964. The highest BCUT2D eigenvalue weighted by atomic mass is 127. The van der Waals surface area contributed by atoms with E-state index in [2.05, 4.69) is 51.7 Å². The molecule has 2 rings (SSSR count). The standard InChI is InChI=1S/C15H18IN3OS/c1-8(2)5-12-13(21-10(4)18-12)15(20)19-14-9(3)6-11(16)7-17-14/h6-8H,5H2,1-4H3,(H,17,19,20). The Morgan fingerprint density at radius 3 is 2.76 bits per heavy atom. The van der Waals surface area contributed by atoms with Gasteiger partial charge in [0.1, 0.15) is 10.7 Å². The van der Waals surface area contributed by atoms with Crippen LogP contribution in [0.15, 0.2) is 12.3 Å².